The van der Waals surface area contributed by atoms with Crippen LogP contribution in [0.5, 0.6) is 0 Å². The topological polar surface area (TPSA) is 71.4 Å². The molecule has 3 saturated carbocycles. The lowest BCUT2D eigenvalue weighted by Crippen LogP contribution is -2.54. The Kier molecular flexibility index (Phi) is 3.93. The van der Waals surface area contributed by atoms with E-state index in [1.54, 1.807) is 13.0 Å². The summed E-state index contributed by atoms with van der Waals surface area (Å²) in [6.07, 6.45) is 8.17. The van der Waals surface area contributed by atoms with Gasteiger partial charge in [-0.25, -0.2) is 0 Å². The highest BCUT2D eigenvalue weighted by atomic mass is 35.5. The zero-order valence-electron chi connectivity index (χ0n) is 17.3. The predicted molar refractivity (Wildman–Crippen MR) is 109 cm³/mol. The molecule has 5 rings (SSSR count). The molecule has 0 unspecified atom stereocenters. The van der Waals surface area contributed by atoms with Crippen LogP contribution < -0.4 is 0 Å². The van der Waals surface area contributed by atoms with E-state index in [9.17, 15) is 19.5 Å². The molecule has 5 heteroatoms. The smallest absolute Gasteiger partial charge is 0.304 e. The first-order valence-electron chi connectivity index (χ1n) is 10.9. The number of rotatable bonds is 3. The molecule has 0 bridgehead atoms. The molecule has 0 aliphatic heterocycles. The van der Waals surface area contributed by atoms with E-state index >= 15 is 0 Å². The molecule has 0 saturated heterocycles. The fourth-order valence-electron chi connectivity index (χ4n) is 8.35. The van der Waals surface area contributed by atoms with Gasteiger partial charge in [0.25, 0.3) is 0 Å². The van der Waals surface area contributed by atoms with E-state index in [-0.39, 0.29) is 46.6 Å². The number of allylic oxidation sites excluding steroid dienone is 4. The lowest BCUT2D eigenvalue weighted by molar-refractivity contribution is -0.153. The van der Waals surface area contributed by atoms with Crippen LogP contribution in [0.1, 0.15) is 59.3 Å². The third-order valence-corrected chi connectivity index (χ3v) is 10.3. The maximum absolute atomic E-state index is 12.8. The van der Waals surface area contributed by atoms with Crippen LogP contribution in [-0.4, -0.2) is 22.6 Å². The molecule has 5 aliphatic carbocycles. The van der Waals surface area contributed by atoms with Crippen LogP contribution in [0, 0.1) is 45.8 Å². The van der Waals surface area contributed by atoms with Gasteiger partial charge in [0, 0.05) is 21.8 Å². The minimum atomic E-state index is -0.884. The van der Waals surface area contributed by atoms with E-state index in [1.165, 1.54) is 0 Å². The molecular formula is C24H29ClO4. The van der Waals surface area contributed by atoms with Gasteiger partial charge in [-0.05, 0) is 79.8 Å². The number of hydrogen-bond acceptors (Lipinski definition) is 3. The molecular weight excluding hydrogens is 388 g/mol. The van der Waals surface area contributed by atoms with Crippen molar-refractivity contribution in [3.05, 3.63) is 22.8 Å². The van der Waals surface area contributed by atoms with Crippen LogP contribution in [0.3, 0.4) is 0 Å². The number of carboxylic acid groups (broad SMARTS) is 1. The van der Waals surface area contributed by atoms with Crippen LogP contribution in [-0.2, 0) is 14.4 Å². The van der Waals surface area contributed by atoms with Crippen molar-refractivity contribution in [2.45, 2.75) is 59.3 Å². The first-order valence-corrected chi connectivity index (χ1v) is 11.3. The summed E-state index contributed by atoms with van der Waals surface area (Å²) in [6.45, 7) is 6.04. The maximum Gasteiger partial charge on any atom is 0.304 e. The molecule has 0 radical (unpaired) electrons. The van der Waals surface area contributed by atoms with Gasteiger partial charge in [0.2, 0.25) is 0 Å². The van der Waals surface area contributed by atoms with E-state index in [4.69, 9.17) is 11.6 Å². The molecule has 5 aliphatic rings. The van der Waals surface area contributed by atoms with E-state index in [0.29, 0.717) is 23.3 Å². The second-order valence-electron chi connectivity index (χ2n) is 10.7. The molecule has 8 atom stereocenters. The molecule has 4 nitrogen and oxygen atoms in total. The van der Waals surface area contributed by atoms with Crippen molar-refractivity contribution in [3.63, 3.8) is 0 Å². The number of hydrogen-bond donors (Lipinski definition) is 1. The van der Waals surface area contributed by atoms with Gasteiger partial charge in [-0.15, -0.1) is 0 Å². The summed E-state index contributed by atoms with van der Waals surface area (Å²) in [5.74, 6) is 0.812. The highest BCUT2D eigenvalue weighted by Crippen LogP contribution is 2.73. The van der Waals surface area contributed by atoms with Crippen molar-refractivity contribution in [2.75, 3.05) is 0 Å². The van der Waals surface area contributed by atoms with E-state index < -0.39 is 11.4 Å². The fraction of sp³-hybridized carbons (Fsp3) is 0.708. The predicted octanol–water partition coefficient (Wildman–Crippen LogP) is 4.77. The van der Waals surface area contributed by atoms with Crippen LogP contribution in [0.4, 0.5) is 0 Å². The number of carbonyl (C=O) groups excluding carboxylic acids is 2. The summed E-state index contributed by atoms with van der Waals surface area (Å²) in [5, 5.41) is 10.3. The number of fused-ring (bicyclic) bond motifs is 7. The fourth-order valence-corrected chi connectivity index (χ4v) is 8.75. The van der Waals surface area contributed by atoms with Crippen LogP contribution in [0.25, 0.3) is 0 Å². The number of carboxylic acids is 1. The van der Waals surface area contributed by atoms with Crippen molar-refractivity contribution >= 4 is 29.1 Å². The normalized spacial score (nSPS) is 49.8. The number of ketones is 2. The first kappa shape index (κ1) is 19.5. The summed E-state index contributed by atoms with van der Waals surface area (Å²) in [5.41, 5.74) is -0.160. The Morgan fingerprint density at radius 1 is 1.17 bits per heavy atom. The number of halogens is 1. The average molecular weight is 417 g/mol. The largest absolute Gasteiger partial charge is 0.481 e. The Morgan fingerprint density at radius 3 is 2.52 bits per heavy atom. The summed E-state index contributed by atoms with van der Waals surface area (Å²) in [4.78, 5) is 36.9. The van der Waals surface area contributed by atoms with Gasteiger partial charge >= 0.3 is 5.97 Å². The zero-order valence-corrected chi connectivity index (χ0v) is 18.1. The van der Waals surface area contributed by atoms with E-state index in [2.05, 4.69) is 19.9 Å². The van der Waals surface area contributed by atoms with Crippen LogP contribution in [0.15, 0.2) is 22.8 Å². The molecule has 3 fully saturated rings. The third-order valence-electron chi connectivity index (χ3n) is 9.98. The lowest BCUT2D eigenvalue weighted by atomic mass is 9.45. The molecule has 0 aromatic heterocycles. The van der Waals surface area contributed by atoms with E-state index in [1.807, 2.05) is 0 Å². The second kappa shape index (κ2) is 5.84. The molecule has 0 heterocycles. The number of Topliss-reactive ketones (excluding diaryl/α,β-unsaturated/α-hetero) is 1. The first-order chi connectivity index (χ1) is 13.6. The molecule has 1 N–H and O–H groups in total. The quantitative estimate of drug-likeness (QED) is 0.719. The van der Waals surface area contributed by atoms with Gasteiger partial charge in [-0.1, -0.05) is 31.5 Å². The molecule has 156 valence electrons. The Labute approximate surface area is 176 Å². The standard InChI is InChI=1S/C24H29ClO4/c1-12(26)24(11-21(28)29)7-5-15-13-9-19(25)18-10-20(27)14-8-17(14)23(18,3)16(13)4-6-22(15,24)2/h9-10,13-17H,4-8,11H2,1-3H3,(H,28,29)/t13-,14-,15+,16+,17+,22+,23+,24+/m1/s1. The number of aliphatic carboxylic acids is 1. The second-order valence-corrected chi connectivity index (χ2v) is 11.1. The Balaban J connectivity index is 1.60. The van der Waals surface area contributed by atoms with Gasteiger partial charge < -0.3 is 5.11 Å². The van der Waals surface area contributed by atoms with E-state index in [0.717, 1.165) is 31.3 Å². The molecule has 0 aromatic carbocycles. The SMILES string of the molecule is CC(=O)[C@@]1(CC(=O)O)CC[C@H]2[C@H]3C=C(Cl)C4=CC(=O)[C@@H]5C[C@@H]5[C@]4(C)[C@H]3CC[C@@]21C. The van der Waals surface area contributed by atoms with Gasteiger partial charge in [0.05, 0.1) is 6.42 Å². The van der Waals surface area contributed by atoms with Crippen molar-refractivity contribution in [1.82, 2.24) is 0 Å². The van der Waals surface area contributed by atoms with Crippen LogP contribution >= 0.6 is 11.6 Å². The monoisotopic (exact) mass is 416 g/mol. The zero-order chi connectivity index (χ0) is 20.9. The van der Waals surface area contributed by atoms with Gasteiger partial charge in [-0.2, -0.15) is 0 Å². The lowest BCUT2D eigenvalue weighted by Gasteiger charge is -2.58. The minimum absolute atomic E-state index is 0.0200. The van der Waals surface area contributed by atoms with Crippen LogP contribution in [0.2, 0.25) is 0 Å². The highest BCUT2D eigenvalue weighted by Gasteiger charge is 2.69. The minimum Gasteiger partial charge on any atom is -0.481 e. The van der Waals surface area contributed by atoms with Gasteiger partial charge in [0.15, 0.2) is 5.78 Å². The van der Waals surface area contributed by atoms with Crippen molar-refractivity contribution < 1.29 is 19.5 Å². The van der Waals surface area contributed by atoms with Crippen molar-refractivity contribution in [2.24, 2.45) is 45.8 Å². The summed E-state index contributed by atoms with van der Waals surface area (Å²) in [7, 11) is 0. The van der Waals surface area contributed by atoms with Gasteiger partial charge in [-0.3, -0.25) is 14.4 Å². The average Bonchev–Trinajstić information content (AvgIpc) is 3.39. The highest BCUT2D eigenvalue weighted by molar-refractivity contribution is 6.32. The Bertz CT molecular complexity index is 903. The molecule has 0 aromatic rings. The third kappa shape index (κ3) is 2.24. The summed E-state index contributed by atoms with van der Waals surface area (Å²) < 4.78 is 0. The Morgan fingerprint density at radius 2 is 1.86 bits per heavy atom. The molecule has 29 heavy (non-hydrogen) atoms. The maximum atomic E-state index is 12.8. The summed E-state index contributed by atoms with van der Waals surface area (Å²) >= 11 is 6.78. The Hall–Kier alpha value is -1.42. The summed E-state index contributed by atoms with van der Waals surface area (Å²) in [6, 6.07) is 0. The molecule has 0 spiro atoms. The van der Waals surface area contributed by atoms with Crippen molar-refractivity contribution in [1.29, 1.82) is 0 Å². The number of carbonyl (C=O) groups is 3. The van der Waals surface area contributed by atoms with Crippen molar-refractivity contribution in [3.8, 4) is 0 Å². The molecule has 0 amide bonds. The van der Waals surface area contributed by atoms with Gasteiger partial charge in [0.1, 0.15) is 5.78 Å².